The van der Waals surface area contributed by atoms with Crippen LogP contribution in [0, 0.1) is 28.6 Å². The molecule has 1 aromatic carbocycles. The Hall–Kier alpha value is -2.50. The van der Waals surface area contributed by atoms with Crippen LogP contribution in [0.3, 0.4) is 0 Å². The second-order valence-corrected chi connectivity index (χ2v) is 6.60. The summed E-state index contributed by atoms with van der Waals surface area (Å²) in [5.74, 6) is 1.77. The zero-order valence-electron chi connectivity index (χ0n) is 15.0. The molecule has 1 fully saturated rings. The van der Waals surface area contributed by atoms with E-state index in [1.807, 2.05) is 0 Å². The summed E-state index contributed by atoms with van der Waals surface area (Å²) in [7, 11) is 3.30. The topological polar surface area (TPSA) is 69.3 Å². The van der Waals surface area contributed by atoms with E-state index in [1.54, 1.807) is 14.2 Å². The number of allylic oxidation sites excluding steroid dienone is 1. The zero-order valence-corrected chi connectivity index (χ0v) is 15.0. The predicted molar refractivity (Wildman–Crippen MR) is 94.2 cm³/mol. The van der Waals surface area contributed by atoms with Gasteiger partial charge in [0.05, 0.1) is 14.2 Å². The van der Waals surface area contributed by atoms with Gasteiger partial charge in [-0.05, 0) is 54.0 Å². The van der Waals surface area contributed by atoms with Crippen molar-refractivity contribution in [3.63, 3.8) is 0 Å². The van der Waals surface area contributed by atoms with E-state index in [9.17, 15) is 10.5 Å². The molecule has 0 saturated carbocycles. The van der Waals surface area contributed by atoms with E-state index in [0.717, 1.165) is 49.4 Å². The first kappa shape index (κ1) is 17.3. The maximum absolute atomic E-state index is 9.35. The molecular weight excluding hydrogens is 314 g/mol. The average Bonchev–Trinajstić information content (AvgIpc) is 2.67. The third-order valence-electron chi connectivity index (χ3n) is 5.51. The maximum atomic E-state index is 9.35. The zero-order chi connectivity index (χ0) is 18.0. The van der Waals surface area contributed by atoms with Crippen LogP contribution in [0.2, 0.25) is 0 Å². The van der Waals surface area contributed by atoms with Gasteiger partial charge in [0, 0.05) is 19.1 Å². The lowest BCUT2D eigenvalue weighted by Crippen LogP contribution is -2.43. The van der Waals surface area contributed by atoms with Crippen LogP contribution in [0.5, 0.6) is 11.5 Å². The number of ether oxygens (including phenoxy) is 2. The Bertz CT molecular complexity index is 769. The van der Waals surface area contributed by atoms with Gasteiger partial charge in [-0.1, -0.05) is 6.92 Å². The van der Waals surface area contributed by atoms with Crippen molar-refractivity contribution in [2.75, 3.05) is 27.3 Å². The fourth-order valence-corrected chi connectivity index (χ4v) is 4.16. The molecule has 0 N–H and O–H groups in total. The number of fused-ring (bicyclic) bond motifs is 3. The first-order valence-corrected chi connectivity index (χ1v) is 8.68. The van der Waals surface area contributed by atoms with Gasteiger partial charge < -0.3 is 9.47 Å². The standard InChI is InChI=1S/C20H23N3O2/c1-4-13-12-23-6-5-14-7-19(24-2)20(25-3)9-17(14)18(23)8-16(13)15(10-21)11-22/h7,9,13,18H,4-6,8,12H2,1-3H3/t13-,18+/m0/s1. The largest absolute Gasteiger partial charge is 0.493 e. The summed E-state index contributed by atoms with van der Waals surface area (Å²) in [5.41, 5.74) is 3.80. The minimum absolute atomic E-state index is 0.193. The first-order valence-electron chi connectivity index (χ1n) is 8.68. The summed E-state index contributed by atoms with van der Waals surface area (Å²) >= 11 is 0. The van der Waals surface area contributed by atoms with Crippen LogP contribution in [-0.2, 0) is 6.42 Å². The molecule has 1 aromatic rings. The van der Waals surface area contributed by atoms with Gasteiger partial charge in [-0.15, -0.1) is 0 Å². The highest BCUT2D eigenvalue weighted by molar-refractivity contribution is 5.51. The van der Waals surface area contributed by atoms with Crippen molar-refractivity contribution in [2.45, 2.75) is 32.2 Å². The molecule has 3 rings (SSSR count). The molecule has 2 heterocycles. The number of methoxy groups -OCH3 is 2. The van der Waals surface area contributed by atoms with Crippen molar-refractivity contribution in [2.24, 2.45) is 5.92 Å². The van der Waals surface area contributed by atoms with Crippen molar-refractivity contribution in [3.8, 4) is 23.6 Å². The van der Waals surface area contributed by atoms with Gasteiger partial charge in [0.2, 0.25) is 0 Å². The lowest BCUT2D eigenvalue weighted by molar-refractivity contribution is 0.129. The van der Waals surface area contributed by atoms with E-state index in [0.29, 0.717) is 5.57 Å². The number of piperidine rings is 1. The van der Waals surface area contributed by atoms with Crippen molar-refractivity contribution >= 4 is 0 Å². The van der Waals surface area contributed by atoms with Gasteiger partial charge in [0.15, 0.2) is 11.5 Å². The molecular formula is C20H23N3O2. The fourth-order valence-electron chi connectivity index (χ4n) is 4.16. The van der Waals surface area contributed by atoms with Gasteiger partial charge in [0.25, 0.3) is 0 Å². The van der Waals surface area contributed by atoms with Crippen LogP contribution in [0.4, 0.5) is 0 Å². The SMILES string of the molecule is CC[C@H]1CN2CCc3cc(OC)c(OC)cc3[C@H]2CC1=C(C#N)C#N. The second kappa shape index (κ2) is 7.17. The third-order valence-corrected chi connectivity index (χ3v) is 5.51. The summed E-state index contributed by atoms with van der Waals surface area (Å²) in [6, 6.07) is 8.52. The minimum atomic E-state index is 0.193. The Labute approximate surface area is 149 Å². The quantitative estimate of drug-likeness (QED) is 0.791. The molecule has 0 aromatic heterocycles. The Morgan fingerprint density at radius 3 is 2.48 bits per heavy atom. The summed E-state index contributed by atoms with van der Waals surface area (Å²) in [6.07, 6.45) is 2.66. The number of hydrogen-bond acceptors (Lipinski definition) is 5. The molecule has 2 atom stereocenters. The van der Waals surface area contributed by atoms with Gasteiger partial charge >= 0.3 is 0 Å². The van der Waals surface area contributed by atoms with Crippen LogP contribution in [0.25, 0.3) is 0 Å². The number of benzene rings is 1. The highest BCUT2D eigenvalue weighted by atomic mass is 16.5. The van der Waals surface area contributed by atoms with E-state index < -0.39 is 0 Å². The van der Waals surface area contributed by atoms with Gasteiger partial charge in [-0.25, -0.2) is 0 Å². The third kappa shape index (κ3) is 2.97. The molecule has 130 valence electrons. The van der Waals surface area contributed by atoms with E-state index in [-0.39, 0.29) is 12.0 Å². The Morgan fingerprint density at radius 2 is 1.88 bits per heavy atom. The second-order valence-electron chi connectivity index (χ2n) is 6.60. The average molecular weight is 337 g/mol. The van der Waals surface area contributed by atoms with Crippen molar-refractivity contribution in [1.29, 1.82) is 10.5 Å². The Kier molecular flexibility index (Phi) is 4.97. The number of nitrogens with zero attached hydrogens (tertiary/aromatic N) is 3. The van der Waals surface area contributed by atoms with Gasteiger partial charge in [-0.2, -0.15) is 10.5 Å². The highest BCUT2D eigenvalue weighted by Crippen LogP contribution is 2.45. The number of hydrogen-bond donors (Lipinski definition) is 0. The molecule has 0 radical (unpaired) electrons. The number of rotatable bonds is 3. The summed E-state index contributed by atoms with van der Waals surface area (Å²) in [6.45, 7) is 4.02. The molecule has 0 unspecified atom stereocenters. The molecule has 5 heteroatoms. The van der Waals surface area contributed by atoms with Crippen molar-refractivity contribution in [3.05, 3.63) is 34.4 Å². The summed E-state index contributed by atoms with van der Waals surface area (Å²) in [5, 5.41) is 18.7. The Morgan fingerprint density at radius 1 is 1.20 bits per heavy atom. The number of nitriles is 2. The Balaban J connectivity index is 2.06. The van der Waals surface area contributed by atoms with E-state index in [1.165, 1.54) is 11.1 Å². The van der Waals surface area contributed by atoms with Crippen LogP contribution >= 0.6 is 0 Å². The normalized spacial score (nSPS) is 22.2. The minimum Gasteiger partial charge on any atom is -0.493 e. The van der Waals surface area contributed by atoms with E-state index in [2.05, 4.69) is 36.1 Å². The molecule has 5 nitrogen and oxygen atoms in total. The molecule has 1 saturated heterocycles. The smallest absolute Gasteiger partial charge is 0.161 e. The predicted octanol–water partition coefficient (Wildman–Crippen LogP) is 3.38. The van der Waals surface area contributed by atoms with Crippen molar-refractivity contribution < 1.29 is 9.47 Å². The van der Waals surface area contributed by atoms with Crippen LogP contribution < -0.4 is 9.47 Å². The van der Waals surface area contributed by atoms with E-state index in [4.69, 9.17) is 9.47 Å². The molecule has 2 aliphatic heterocycles. The maximum Gasteiger partial charge on any atom is 0.161 e. The fraction of sp³-hybridized carbons (Fsp3) is 0.500. The molecule has 0 bridgehead atoms. The monoisotopic (exact) mass is 337 g/mol. The summed E-state index contributed by atoms with van der Waals surface area (Å²) in [4.78, 5) is 2.48. The van der Waals surface area contributed by atoms with Crippen LogP contribution in [0.1, 0.15) is 36.9 Å². The van der Waals surface area contributed by atoms with Crippen LogP contribution in [-0.4, -0.2) is 32.2 Å². The molecule has 2 aliphatic rings. The van der Waals surface area contributed by atoms with Crippen LogP contribution in [0.15, 0.2) is 23.3 Å². The van der Waals surface area contributed by atoms with Gasteiger partial charge in [0.1, 0.15) is 17.7 Å². The molecule has 0 spiro atoms. The van der Waals surface area contributed by atoms with Gasteiger partial charge in [-0.3, -0.25) is 4.90 Å². The summed E-state index contributed by atoms with van der Waals surface area (Å²) < 4.78 is 10.9. The molecule has 25 heavy (non-hydrogen) atoms. The highest BCUT2D eigenvalue weighted by Gasteiger charge is 2.37. The molecule has 0 aliphatic carbocycles. The first-order chi connectivity index (χ1) is 12.2. The lowest BCUT2D eigenvalue weighted by Gasteiger charge is -2.45. The lowest BCUT2D eigenvalue weighted by atomic mass is 9.78. The molecule has 0 amide bonds. The van der Waals surface area contributed by atoms with E-state index >= 15 is 0 Å². The van der Waals surface area contributed by atoms with Crippen molar-refractivity contribution in [1.82, 2.24) is 4.90 Å².